The van der Waals surface area contributed by atoms with Crippen molar-refractivity contribution < 1.29 is 32.2 Å². The first-order valence-corrected chi connectivity index (χ1v) is 9.71. The van der Waals surface area contributed by atoms with Crippen LogP contribution in [0.1, 0.15) is 33.3 Å². The van der Waals surface area contributed by atoms with E-state index in [1.54, 1.807) is 52.0 Å². The van der Waals surface area contributed by atoms with Gasteiger partial charge in [0.1, 0.15) is 17.9 Å². The van der Waals surface area contributed by atoms with Crippen molar-refractivity contribution in [2.75, 3.05) is 20.3 Å². The largest absolute Gasteiger partial charge is 0.497 e. The van der Waals surface area contributed by atoms with Gasteiger partial charge in [0.25, 0.3) is 0 Å². The second kappa shape index (κ2) is 9.56. The van der Waals surface area contributed by atoms with Gasteiger partial charge < -0.3 is 14.2 Å². The number of hydrogen-bond acceptors (Lipinski definition) is 7. The summed E-state index contributed by atoms with van der Waals surface area (Å²) < 4.78 is 42.7. The van der Waals surface area contributed by atoms with Crippen molar-refractivity contribution in [1.29, 1.82) is 0 Å². The summed E-state index contributed by atoms with van der Waals surface area (Å²) in [6, 6.07) is 6.52. The van der Waals surface area contributed by atoms with Crippen molar-refractivity contribution >= 4 is 22.3 Å². The van der Waals surface area contributed by atoms with Gasteiger partial charge in [0, 0.05) is 0 Å². The second-order valence-electron chi connectivity index (χ2n) is 6.47. The van der Waals surface area contributed by atoms with Gasteiger partial charge in [0.15, 0.2) is 0 Å². The molecule has 0 aliphatic rings. The maximum absolute atomic E-state index is 12.6. The molecule has 0 unspecified atom stereocenters. The first-order valence-electron chi connectivity index (χ1n) is 8.27. The minimum Gasteiger partial charge on any atom is -0.497 e. The van der Waals surface area contributed by atoms with Gasteiger partial charge in [-0.05, 0) is 45.4 Å². The molecule has 0 atom stereocenters. The fourth-order valence-electron chi connectivity index (χ4n) is 1.90. The van der Waals surface area contributed by atoms with Gasteiger partial charge in [-0.3, -0.25) is 4.79 Å². The average molecular weight is 402 g/mol. The number of nitrogens with zero attached hydrogens (tertiary/aromatic N) is 1. The van der Waals surface area contributed by atoms with Gasteiger partial charge in [-0.1, -0.05) is 12.1 Å². The minimum absolute atomic E-state index is 0.113. The summed E-state index contributed by atoms with van der Waals surface area (Å²) in [6.07, 6.45) is -1.06. The number of ether oxygens (including phenoxy) is 3. The van der Waals surface area contributed by atoms with Crippen molar-refractivity contribution in [3.05, 3.63) is 29.8 Å². The molecule has 152 valence electrons. The van der Waals surface area contributed by atoms with Gasteiger partial charge in [-0.25, -0.2) is 4.79 Å². The van der Waals surface area contributed by atoms with E-state index in [0.717, 1.165) is 0 Å². The molecule has 0 aromatic heterocycles. The number of methoxy groups -OCH3 is 1. The summed E-state index contributed by atoms with van der Waals surface area (Å²) in [4.78, 5) is 23.9. The summed E-state index contributed by atoms with van der Waals surface area (Å²) in [5.41, 5.74) is -0.366. The molecular weight excluding hydrogens is 376 g/mol. The fraction of sp³-hybridized carbons (Fsp3) is 0.529. The number of amides is 1. The molecule has 0 aliphatic heterocycles. The Balaban J connectivity index is 3.04. The van der Waals surface area contributed by atoms with E-state index in [4.69, 9.17) is 9.47 Å². The van der Waals surface area contributed by atoms with Crippen LogP contribution in [-0.2, 0) is 31.0 Å². The molecule has 0 heterocycles. The molecule has 1 rings (SSSR count). The lowest BCUT2D eigenvalue weighted by molar-refractivity contribution is -0.141. The second-order valence-corrected chi connectivity index (χ2v) is 8.15. The van der Waals surface area contributed by atoms with E-state index in [0.29, 0.717) is 15.6 Å². The molecular formula is C17H26N2O7S. The van der Waals surface area contributed by atoms with Gasteiger partial charge >= 0.3 is 22.3 Å². The quantitative estimate of drug-likeness (QED) is 0.660. The highest BCUT2D eigenvalue weighted by Crippen LogP contribution is 2.17. The van der Waals surface area contributed by atoms with Gasteiger partial charge in [0.05, 0.1) is 20.3 Å². The molecule has 27 heavy (non-hydrogen) atoms. The molecule has 0 spiro atoms. The number of esters is 1. The third kappa shape index (κ3) is 7.83. The molecule has 10 heteroatoms. The van der Waals surface area contributed by atoms with Crippen LogP contribution >= 0.6 is 0 Å². The highest BCUT2D eigenvalue weighted by Gasteiger charge is 2.32. The van der Waals surface area contributed by atoms with E-state index in [9.17, 15) is 18.0 Å². The van der Waals surface area contributed by atoms with Crippen LogP contribution in [0.15, 0.2) is 24.3 Å². The molecule has 0 bridgehead atoms. The van der Waals surface area contributed by atoms with Crippen LogP contribution in [0.2, 0.25) is 0 Å². The van der Waals surface area contributed by atoms with Gasteiger partial charge in [-0.2, -0.15) is 17.4 Å². The first-order chi connectivity index (χ1) is 12.5. The standard InChI is InChI=1S/C17H26N2O7S/c1-6-25-15(20)11-18-27(22,23)19(16(21)26-17(2,3)4)12-13-7-9-14(24-5)10-8-13/h7-10,18H,6,11-12H2,1-5H3. The van der Waals surface area contributed by atoms with Crippen LogP contribution in [-0.4, -0.2) is 50.6 Å². The maximum Gasteiger partial charge on any atom is 0.425 e. The van der Waals surface area contributed by atoms with Crippen molar-refractivity contribution in [2.24, 2.45) is 0 Å². The molecule has 1 aromatic rings. The zero-order valence-corrected chi connectivity index (χ0v) is 17.0. The van der Waals surface area contributed by atoms with E-state index in [2.05, 4.69) is 9.46 Å². The van der Waals surface area contributed by atoms with Crippen LogP contribution in [0.3, 0.4) is 0 Å². The normalized spacial score (nSPS) is 11.6. The van der Waals surface area contributed by atoms with E-state index in [1.165, 1.54) is 7.11 Å². The molecule has 0 saturated heterocycles. The van der Waals surface area contributed by atoms with Crippen LogP contribution in [0.4, 0.5) is 4.79 Å². The lowest BCUT2D eigenvalue weighted by Crippen LogP contribution is -2.47. The monoisotopic (exact) mass is 402 g/mol. The molecule has 1 aromatic carbocycles. The zero-order chi connectivity index (χ0) is 20.7. The van der Waals surface area contributed by atoms with E-state index >= 15 is 0 Å². The Labute approximate surface area is 159 Å². The highest BCUT2D eigenvalue weighted by molar-refractivity contribution is 7.87. The molecule has 0 aliphatic carbocycles. The van der Waals surface area contributed by atoms with Gasteiger partial charge in [-0.15, -0.1) is 0 Å². The van der Waals surface area contributed by atoms with Crippen molar-refractivity contribution in [1.82, 2.24) is 9.03 Å². The topological polar surface area (TPSA) is 111 Å². The predicted octanol–water partition coefficient (Wildman–Crippen LogP) is 1.83. The van der Waals surface area contributed by atoms with Gasteiger partial charge in [0.2, 0.25) is 0 Å². The lowest BCUT2D eigenvalue weighted by Gasteiger charge is -2.27. The highest BCUT2D eigenvalue weighted by atomic mass is 32.2. The first kappa shape index (κ1) is 22.7. The van der Waals surface area contributed by atoms with Crippen molar-refractivity contribution in [2.45, 2.75) is 39.8 Å². The number of hydrogen-bond donors (Lipinski definition) is 1. The number of rotatable bonds is 8. The van der Waals surface area contributed by atoms with Crippen molar-refractivity contribution in [3.8, 4) is 5.75 Å². The zero-order valence-electron chi connectivity index (χ0n) is 16.1. The third-order valence-corrected chi connectivity index (χ3v) is 4.44. The summed E-state index contributed by atoms with van der Waals surface area (Å²) in [7, 11) is -2.84. The number of carbonyl (C=O) groups excluding carboxylic acids is 2. The Kier molecular flexibility index (Phi) is 8.04. The third-order valence-electron chi connectivity index (χ3n) is 3.08. The van der Waals surface area contributed by atoms with Crippen LogP contribution in [0.25, 0.3) is 0 Å². The lowest BCUT2D eigenvalue weighted by atomic mass is 10.2. The Bertz CT molecular complexity index is 740. The van der Waals surface area contributed by atoms with Crippen LogP contribution in [0, 0.1) is 0 Å². The predicted molar refractivity (Wildman–Crippen MR) is 98.3 cm³/mol. The molecule has 0 radical (unpaired) electrons. The summed E-state index contributed by atoms with van der Waals surface area (Å²) in [5, 5.41) is 0. The van der Waals surface area contributed by atoms with E-state index in [-0.39, 0.29) is 13.2 Å². The molecule has 1 N–H and O–H groups in total. The SMILES string of the molecule is CCOC(=O)CNS(=O)(=O)N(Cc1ccc(OC)cc1)C(=O)OC(C)(C)C. The molecule has 0 fully saturated rings. The number of carbonyl (C=O) groups is 2. The fourth-order valence-corrected chi connectivity index (χ4v) is 2.91. The summed E-state index contributed by atoms with van der Waals surface area (Å²) >= 11 is 0. The number of nitrogens with one attached hydrogen (secondary N) is 1. The van der Waals surface area contributed by atoms with E-state index < -0.39 is 34.4 Å². The molecule has 0 saturated carbocycles. The smallest absolute Gasteiger partial charge is 0.425 e. The Morgan fingerprint density at radius 1 is 1.15 bits per heavy atom. The summed E-state index contributed by atoms with van der Waals surface area (Å²) in [5.74, 6) is -0.166. The van der Waals surface area contributed by atoms with Crippen molar-refractivity contribution in [3.63, 3.8) is 0 Å². The Morgan fingerprint density at radius 3 is 2.22 bits per heavy atom. The maximum atomic E-state index is 12.6. The van der Waals surface area contributed by atoms with Crippen LogP contribution in [0.5, 0.6) is 5.75 Å². The average Bonchev–Trinajstić information content (AvgIpc) is 2.57. The van der Waals surface area contributed by atoms with Crippen LogP contribution < -0.4 is 9.46 Å². The molecule has 1 amide bonds. The number of benzene rings is 1. The Morgan fingerprint density at radius 2 is 1.74 bits per heavy atom. The summed E-state index contributed by atoms with van der Waals surface area (Å²) in [6.45, 7) is 5.69. The minimum atomic E-state index is -4.34. The Hall–Kier alpha value is -2.33. The molecule has 9 nitrogen and oxygen atoms in total. The van der Waals surface area contributed by atoms with E-state index in [1.807, 2.05) is 0 Å².